The van der Waals surface area contributed by atoms with Gasteiger partial charge in [-0.2, -0.15) is 0 Å². The van der Waals surface area contributed by atoms with E-state index in [1.807, 2.05) is 0 Å². The number of nitrogens with one attached hydrogen (secondary N) is 2. The molecule has 0 saturated heterocycles. The number of hydrogen-bond acceptors (Lipinski definition) is 4. The predicted octanol–water partition coefficient (Wildman–Crippen LogP) is 2.65. The molecule has 0 unspecified atom stereocenters. The van der Waals surface area contributed by atoms with Gasteiger partial charge in [0.05, 0.1) is 12.4 Å². The van der Waals surface area contributed by atoms with Crippen molar-refractivity contribution in [2.24, 2.45) is 0 Å². The molecule has 0 radical (unpaired) electrons. The molecule has 0 atom stereocenters. The van der Waals surface area contributed by atoms with Crippen molar-refractivity contribution in [3.8, 4) is 0 Å². The smallest absolute Gasteiger partial charge is 0.286 e. The quantitative estimate of drug-likeness (QED) is 0.644. The first kappa shape index (κ1) is 18.5. The molecule has 1 aromatic heterocycles. The van der Waals surface area contributed by atoms with Crippen molar-refractivity contribution in [2.75, 3.05) is 19.7 Å². The van der Waals surface area contributed by atoms with Crippen molar-refractivity contribution in [1.82, 2.24) is 10.6 Å². The molecule has 0 spiro atoms. The lowest BCUT2D eigenvalue weighted by molar-refractivity contribution is -0.121. The Balaban J connectivity index is 1.41. The minimum absolute atomic E-state index is 0.0138. The molecule has 24 heavy (non-hydrogen) atoms. The number of ether oxygens (including phenoxy) is 1. The lowest BCUT2D eigenvalue weighted by Gasteiger charge is -2.21. The molecule has 1 saturated carbocycles. The van der Waals surface area contributed by atoms with Crippen LogP contribution in [0, 0.1) is 0 Å². The molecule has 1 heterocycles. The fourth-order valence-corrected chi connectivity index (χ4v) is 2.82. The minimum Gasteiger partial charge on any atom is -0.459 e. The summed E-state index contributed by atoms with van der Waals surface area (Å²) in [5, 5.41) is 5.61. The molecular weight excluding hydrogens is 308 g/mol. The van der Waals surface area contributed by atoms with Crippen LogP contribution < -0.4 is 10.6 Å². The Kier molecular flexibility index (Phi) is 8.38. The number of carbonyl (C=O) groups is 2. The zero-order valence-corrected chi connectivity index (χ0v) is 14.2. The summed E-state index contributed by atoms with van der Waals surface area (Å²) < 4.78 is 10.8. The average molecular weight is 336 g/mol. The summed E-state index contributed by atoms with van der Waals surface area (Å²) in [7, 11) is 0. The highest BCUT2D eigenvalue weighted by Crippen LogP contribution is 2.20. The maximum absolute atomic E-state index is 11.7. The van der Waals surface area contributed by atoms with Gasteiger partial charge in [0.25, 0.3) is 5.91 Å². The third kappa shape index (κ3) is 7.17. The van der Waals surface area contributed by atoms with Crippen LogP contribution in [-0.2, 0) is 9.53 Å². The van der Waals surface area contributed by atoms with Crippen LogP contribution in [0.25, 0.3) is 0 Å². The van der Waals surface area contributed by atoms with Crippen LogP contribution in [0.5, 0.6) is 0 Å². The Labute approximate surface area is 143 Å². The lowest BCUT2D eigenvalue weighted by Crippen LogP contribution is -2.28. The highest BCUT2D eigenvalue weighted by Gasteiger charge is 2.13. The van der Waals surface area contributed by atoms with Gasteiger partial charge in [-0.3, -0.25) is 9.59 Å². The Morgan fingerprint density at radius 1 is 1.12 bits per heavy atom. The Bertz CT molecular complexity index is 481. The zero-order chi connectivity index (χ0) is 17.0. The van der Waals surface area contributed by atoms with E-state index in [1.54, 1.807) is 12.1 Å². The number of hydrogen-bond donors (Lipinski definition) is 2. The summed E-state index contributed by atoms with van der Waals surface area (Å²) in [6, 6.07) is 3.28. The van der Waals surface area contributed by atoms with Crippen molar-refractivity contribution in [2.45, 2.75) is 57.5 Å². The van der Waals surface area contributed by atoms with E-state index in [4.69, 9.17) is 9.15 Å². The number of furan rings is 1. The summed E-state index contributed by atoms with van der Waals surface area (Å²) in [6.45, 7) is 1.81. The van der Waals surface area contributed by atoms with Crippen molar-refractivity contribution < 1.29 is 18.7 Å². The second kappa shape index (κ2) is 10.9. The van der Waals surface area contributed by atoms with Gasteiger partial charge in [-0.05, 0) is 37.8 Å². The van der Waals surface area contributed by atoms with Crippen LogP contribution >= 0.6 is 0 Å². The van der Waals surface area contributed by atoms with Gasteiger partial charge in [0.15, 0.2) is 5.76 Å². The third-order valence-corrected chi connectivity index (χ3v) is 4.16. The van der Waals surface area contributed by atoms with Gasteiger partial charge < -0.3 is 19.8 Å². The summed E-state index contributed by atoms with van der Waals surface area (Å²) in [6.07, 6.45) is 9.98. The van der Waals surface area contributed by atoms with E-state index in [1.165, 1.54) is 38.4 Å². The molecule has 1 aliphatic carbocycles. The van der Waals surface area contributed by atoms with Crippen LogP contribution in [0.2, 0.25) is 0 Å². The second-order valence-corrected chi connectivity index (χ2v) is 6.17. The van der Waals surface area contributed by atoms with Gasteiger partial charge in [-0.1, -0.05) is 19.3 Å². The first-order valence-corrected chi connectivity index (χ1v) is 8.95. The molecule has 0 bridgehead atoms. The minimum atomic E-state index is -0.250. The van der Waals surface area contributed by atoms with Gasteiger partial charge in [0, 0.05) is 26.1 Å². The summed E-state index contributed by atoms with van der Waals surface area (Å²) in [5.41, 5.74) is 0. The topological polar surface area (TPSA) is 80.6 Å². The molecule has 6 heteroatoms. The fraction of sp³-hybridized carbons (Fsp3) is 0.667. The normalized spacial score (nSPS) is 15.2. The molecule has 1 aromatic rings. The maximum atomic E-state index is 11.7. The molecule has 134 valence electrons. The van der Waals surface area contributed by atoms with Crippen LogP contribution in [0.3, 0.4) is 0 Å². The largest absolute Gasteiger partial charge is 0.459 e. The number of amides is 2. The van der Waals surface area contributed by atoms with E-state index in [-0.39, 0.29) is 17.6 Å². The van der Waals surface area contributed by atoms with E-state index in [0.717, 1.165) is 6.42 Å². The number of rotatable bonds is 10. The van der Waals surface area contributed by atoms with Crippen molar-refractivity contribution in [3.05, 3.63) is 24.2 Å². The highest BCUT2D eigenvalue weighted by molar-refractivity contribution is 5.91. The van der Waals surface area contributed by atoms with Crippen LogP contribution in [0.1, 0.15) is 61.9 Å². The van der Waals surface area contributed by atoms with E-state index in [0.29, 0.717) is 38.6 Å². The maximum Gasteiger partial charge on any atom is 0.286 e. The van der Waals surface area contributed by atoms with Gasteiger partial charge in [0.2, 0.25) is 5.91 Å². The number of carbonyl (C=O) groups excluding carboxylic acids is 2. The molecule has 0 aliphatic heterocycles. The average Bonchev–Trinajstić information content (AvgIpc) is 3.14. The summed E-state index contributed by atoms with van der Waals surface area (Å²) in [4.78, 5) is 23.3. The van der Waals surface area contributed by atoms with Crippen molar-refractivity contribution in [1.29, 1.82) is 0 Å². The van der Waals surface area contributed by atoms with Crippen LogP contribution in [0.4, 0.5) is 0 Å². The molecule has 1 aliphatic rings. The fourth-order valence-electron chi connectivity index (χ4n) is 2.82. The SMILES string of the molecule is O=C(CCCNC(=O)c1ccco1)NCCCOC1CCCCC1. The second-order valence-electron chi connectivity index (χ2n) is 6.17. The van der Waals surface area contributed by atoms with E-state index in [2.05, 4.69) is 10.6 Å². The molecule has 2 rings (SSSR count). The Morgan fingerprint density at radius 2 is 1.92 bits per heavy atom. The van der Waals surface area contributed by atoms with Gasteiger partial charge in [-0.25, -0.2) is 0 Å². The first-order chi connectivity index (χ1) is 11.8. The zero-order valence-electron chi connectivity index (χ0n) is 14.2. The summed E-state index contributed by atoms with van der Waals surface area (Å²) >= 11 is 0. The Morgan fingerprint density at radius 3 is 2.67 bits per heavy atom. The van der Waals surface area contributed by atoms with Gasteiger partial charge in [-0.15, -0.1) is 0 Å². The molecule has 6 nitrogen and oxygen atoms in total. The molecule has 1 fully saturated rings. The molecular formula is C18H28N2O4. The van der Waals surface area contributed by atoms with E-state index in [9.17, 15) is 9.59 Å². The summed E-state index contributed by atoms with van der Waals surface area (Å²) in [5.74, 6) is 0.0533. The highest BCUT2D eigenvalue weighted by atomic mass is 16.5. The van der Waals surface area contributed by atoms with Gasteiger partial charge >= 0.3 is 0 Å². The van der Waals surface area contributed by atoms with Crippen molar-refractivity contribution in [3.63, 3.8) is 0 Å². The van der Waals surface area contributed by atoms with Gasteiger partial charge in [0.1, 0.15) is 0 Å². The van der Waals surface area contributed by atoms with E-state index >= 15 is 0 Å². The van der Waals surface area contributed by atoms with E-state index < -0.39 is 0 Å². The molecule has 2 N–H and O–H groups in total. The third-order valence-electron chi connectivity index (χ3n) is 4.16. The molecule has 0 aromatic carbocycles. The van der Waals surface area contributed by atoms with Crippen molar-refractivity contribution >= 4 is 11.8 Å². The molecule has 2 amide bonds. The monoisotopic (exact) mass is 336 g/mol. The lowest BCUT2D eigenvalue weighted by atomic mass is 9.98. The predicted molar refractivity (Wildman–Crippen MR) is 90.7 cm³/mol. The van der Waals surface area contributed by atoms with Crippen LogP contribution in [-0.4, -0.2) is 37.6 Å². The first-order valence-electron chi connectivity index (χ1n) is 8.95. The Hall–Kier alpha value is -1.82. The van der Waals surface area contributed by atoms with Crippen LogP contribution in [0.15, 0.2) is 22.8 Å². The standard InChI is InChI=1S/C18H28N2O4/c21-17(10-4-11-20-18(22)16-9-5-13-24-16)19-12-6-14-23-15-7-2-1-3-8-15/h5,9,13,15H,1-4,6-8,10-12,14H2,(H,19,21)(H,20,22).